The number of pyridine rings is 1. The highest BCUT2D eigenvalue weighted by Crippen LogP contribution is 2.37. The van der Waals surface area contributed by atoms with Crippen LogP contribution < -0.4 is 4.74 Å². The number of carbonyl (C=O) groups is 1. The van der Waals surface area contributed by atoms with E-state index in [1.54, 1.807) is 13.0 Å². The van der Waals surface area contributed by atoms with Gasteiger partial charge in [-0.25, -0.2) is 17.7 Å². The van der Waals surface area contributed by atoms with Crippen molar-refractivity contribution in [2.75, 3.05) is 7.05 Å². The summed E-state index contributed by atoms with van der Waals surface area (Å²) in [5.41, 5.74) is 2.08. The van der Waals surface area contributed by atoms with Gasteiger partial charge in [-0.3, -0.25) is 4.79 Å². The van der Waals surface area contributed by atoms with Crippen molar-refractivity contribution in [3.8, 4) is 5.88 Å². The molecule has 2 aromatic heterocycles. The zero-order valence-corrected chi connectivity index (χ0v) is 21.0. The van der Waals surface area contributed by atoms with Crippen LogP contribution >= 0.6 is 0 Å². The van der Waals surface area contributed by atoms with E-state index in [4.69, 9.17) is 4.74 Å². The van der Waals surface area contributed by atoms with Crippen molar-refractivity contribution in [2.24, 2.45) is 5.92 Å². The molecule has 3 aromatic rings. The number of aryl methyl sites for hydroxylation is 2. The van der Waals surface area contributed by atoms with Gasteiger partial charge < -0.3 is 9.64 Å². The van der Waals surface area contributed by atoms with Gasteiger partial charge in [-0.1, -0.05) is 12.8 Å². The van der Waals surface area contributed by atoms with Crippen LogP contribution in [0.2, 0.25) is 0 Å². The number of benzene rings is 1. The van der Waals surface area contributed by atoms with E-state index < -0.39 is 29.6 Å². The van der Waals surface area contributed by atoms with Crippen molar-refractivity contribution < 1.29 is 22.7 Å². The minimum absolute atomic E-state index is 0.0626. The molecule has 0 spiro atoms. The van der Waals surface area contributed by atoms with Crippen molar-refractivity contribution >= 4 is 11.3 Å². The van der Waals surface area contributed by atoms with Gasteiger partial charge in [-0.05, 0) is 76.3 Å². The van der Waals surface area contributed by atoms with Crippen LogP contribution in [0.1, 0.15) is 72.1 Å². The molecule has 1 aromatic carbocycles. The zero-order valence-electron chi connectivity index (χ0n) is 21.0. The van der Waals surface area contributed by atoms with E-state index in [1.807, 2.05) is 13.0 Å². The molecule has 2 atom stereocenters. The summed E-state index contributed by atoms with van der Waals surface area (Å²) in [5, 5.41) is 4.53. The second-order valence-corrected chi connectivity index (χ2v) is 10.5. The number of nitrogens with zero attached hydrogens (tertiary/aromatic N) is 3. The highest BCUT2D eigenvalue weighted by atomic mass is 19.2. The Labute approximate surface area is 209 Å². The van der Waals surface area contributed by atoms with Gasteiger partial charge in [0.1, 0.15) is 12.4 Å². The van der Waals surface area contributed by atoms with Crippen LogP contribution in [0.4, 0.5) is 13.2 Å². The first-order valence-electron chi connectivity index (χ1n) is 12.7. The van der Waals surface area contributed by atoms with E-state index in [1.165, 1.54) is 30.2 Å². The van der Waals surface area contributed by atoms with Crippen LogP contribution in [0.15, 0.2) is 24.3 Å². The van der Waals surface area contributed by atoms with E-state index in [9.17, 15) is 18.0 Å². The number of Topliss-reactive ketones (excluding diaryl/α,β-unsaturated/α-hetero) is 1. The smallest absolute Gasteiger partial charge is 0.215 e. The molecule has 0 aliphatic carbocycles. The second-order valence-electron chi connectivity index (χ2n) is 10.5. The number of piperidine rings is 1. The summed E-state index contributed by atoms with van der Waals surface area (Å²) in [6.45, 7) is 3.14. The van der Waals surface area contributed by atoms with Crippen LogP contribution in [0.25, 0.3) is 5.52 Å². The van der Waals surface area contributed by atoms with Crippen LogP contribution in [0.3, 0.4) is 0 Å². The lowest BCUT2D eigenvalue weighted by molar-refractivity contribution is 0.0696. The van der Waals surface area contributed by atoms with Crippen LogP contribution in [-0.4, -0.2) is 39.4 Å². The van der Waals surface area contributed by atoms with Crippen LogP contribution in [0, 0.1) is 37.2 Å². The topological polar surface area (TPSA) is 46.8 Å². The van der Waals surface area contributed by atoms with Crippen molar-refractivity contribution in [3.63, 3.8) is 0 Å². The average molecular weight is 500 g/mol. The van der Waals surface area contributed by atoms with E-state index in [-0.39, 0.29) is 11.7 Å². The first-order chi connectivity index (χ1) is 17.2. The molecule has 0 saturated carbocycles. The minimum atomic E-state index is -1.27. The largest absolute Gasteiger partial charge is 0.473 e. The van der Waals surface area contributed by atoms with Crippen molar-refractivity contribution in [1.82, 2.24) is 14.5 Å². The third kappa shape index (κ3) is 4.63. The molecular formula is C28H32F3N3O2. The Bertz CT molecular complexity index is 1290. The third-order valence-corrected chi connectivity index (χ3v) is 7.96. The highest BCUT2D eigenvalue weighted by molar-refractivity contribution is 6.03. The molecule has 36 heavy (non-hydrogen) atoms. The standard InChI is InChI=1S/C28H32F3N3O2/c1-16-10-24-27(25(35)14-18-12-19-6-4-5-7-20(13-18)33(19)3)17(2)32-34(24)26(11-16)36-15-21-22(29)8-9-23(30)28(21)31/h8-11,18-20H,4-7,12-15H2,1-3H3. The summed E-state index contributed by atoms with van der Waals surface area (Å²) in [5.74, 6) is -2.65. The summed E-state index contributed by atoms with van der Waals surface area (Å²) < 4.78 is 49.0. The molecule has 5 rings (SSSR count). The summed E-state index contributed by atoms with van der Waals surface area (Å²) in [4.78, 5) is 16.1. The van der Waals surface area contributed by atoms with Crippen molar-refractivity contribution in [2.45, 2.75) is 77.5 Å². The monoisotopic (exact) mass is 499 g/mol. The summed E-state index contributed by atoms with van der Waals surface area (Å²) in [6.07, 6.45) is 7.45. The molecule has 5 nitrogen and oxygen atoms in total. The van der Waals surface area contributed by atoms with Gasteiger partial charge in [-0.15, -0.1) is 0 Å². The number of aromatic nitrogens is 2. The number of carbonyl (C=O) groups excluding carboxylic acids is 1. The van der Waals surface area contributed by atoms with Gasteiger partial charge in [0, 0.05) is 24.6 Å². The first kappa shape index (κ1) is 24.8. The molecule has 2 aliphatic heterocycles. The molecule has 192 valence electrons. The van der Waals surface area contributed by atoms with Crippen molar-refractivity contribution in [3.05, 3.63) is 64.1 Å². The number of fused-ring (bicyclic) bond motifs is 3. The van der Waals surface area contributed by atoms with Crippen LogP contribution in [-0.2, 0) is 6.61 Å². The zero-order chi connectivity index (χ0) is 25.6. The highest BCUT2D eigenvalue weighted by Gasteiger charge is 2.36. The summed E-state index contributed by atoms with van der Waals surface area (Å²) in [7, 11) is 2.22. The molecular weight excluding hydrogens is 467 g/mol. The molecule has 0 radical (unpaired) electrons. The van der Waals surface area contributed by atoms with E-state index in [2.05, 4.69) is 17.0 Å². The average Bonchev–Trinajstić information content (AvgIpc) is 3.13. The number of hydrogen-bond donors (Lipinski definition) is 0. The van der Waals surface area contributed by atoms with Gasteiger partial charge in [0.05, 0.1) is 22.3 Å². The fourth-order valence-corrected chi connectivity index (χ4v) is 6.08. The Morgan fingerprint density at radius 2 is 1.72 bits per heavy atom. The predicted molar refractivity (Wildman–Crippen MR) is 131 cm³/mol. The fourth-order valence-electron chi connectivity index (χ4n) is 6.08. The maximum absolute atomic E-state index is 14.1. The molecule has 2 bridgehead atoms. The molecule has 2 aliphatic rings. The third-order valence-electron chi connectivity index (χ3n) is 7.96. The number of rotatable bonds is 6. The van der Waals surface area contributed by atoms with Gasteiger partial charge in [0.2, 0.25) is 5.88 Å². The normalized spacial score (nSPS) is 22.6. The number of ether oxygens (including phenoxy) is 1. The van der Waals surface area contributed by atoms with E-state index in [0.717, 1.165) is 30.5 Å². The SMILES string of the molecule is Cc1cc(OCc2c(F)ccc(F)c2F)n2nc(C)c(C(=O)CC3CC4CCCCC(C3)N4C)c2c1. The summed E-state index contributed by atoms with van der Waals surface area (Å²) in [6, 6.07) is 6.26. The predicted octanol–water partition coefficient (Wildman–Crippen LogP) is 6.17. The molecule has 0 amide bonds. The number of ketones is 1. The fraction of sp³-hybridized carbons (Fsp3) is 0.500. The van der Waals surface area contributed by atoms with Gasteiger partial charge in [0.25, 0.3) is 0 Å². The summed E-state index contributed by atoms with van der Waals surface area (Å²) >= 11 is 0. The van der Waals surface area contributed by atoms with E-state index >= 15 is 0 Å². The lowest BCUT2D eigenvalue weighted by Gasteiger charge is -2.41. The van der Waals surface area contributed by atoms with E-state index in [0.29, 0.717) is 41.2 Å². The second kappa shape index (κ2) is 9.88. The molecule has 2 fully saturated rings. The maximum atomic E-state index is 14.1. The quantitative estimate of drug-likeness (QED) is 0.301. The molecule has 2 unspecified atom stereocenters. The van der Waals surface area contributed by atoms with Crippen molar-refractivity contribution in [1.29, 1.82) is 0 Å². The minimum Gasteiger partial charge on any atom is -0.473 e. The molecule has 8 heteroatoms. The molecule has 4 heterocycles. The van der Waals surface area contributed by atoms with Gasteiger partial charge in [-0.2, -0.15) is 5.10 Å². The Hall–Kier alpha value is -2.87. The number of halogens is 3. The maximum Gasteiger partial charge on any atom is 0.215 e. The van der Waals surface area contributed by atoms with Gasteiger partial charge >= 0.3 is 0 Å². The Morgan fingerprint density at radius 1 is 1.06 bits per heavy atom. The molecule has 2 saturated heterocycles. The Kier molecular flexibility index (Phi) is 6.81. The Balaban J connectivity index is 1.40. The lowest BCUT2D eigenvalue weighted by Crippen LogP contribution is -2.45. The molecule has 0 N–H and O–H groups in total. The first-order valence-corrected chi connectivity index (χ1v) is 12.7. The van der Waals surface area contributed by atoms with Gasteiger partial charge in [0.15, 0.2) is 17.4 Å². The lowest BCUT2D eigenvalue weighted by atomic mass is 9.81. The number of hydrogen-bond acceptors (Lipinski definition) is 4. The van der Waals surface area contributed by atoms with Crippen LogP contribution in [0.5, 0.6) is 5.88 Å². The Morgan fingerprint density at radius 3 is 2.42 bits per heavy atom.